The van der Waals surface area contributed by atoms with Gasteiger partial charge in [-0.15, -0.1) is 0 Å². The van der Waals surface area contributed by atoms with Crippen LogP contribution in [0.3, 0.4) is 0 Å². The molecule has 232 valence electrons. The first-order valence-electron chi connectivity index (χ1n) is 12.8. The Hall–Kier alpha value is -4.70. The predicted molar refractivity (Wildman–Crippen MR) is 171 cm³/mol. The minimum atomic E-state index is -3.67. The lowest BCUT2D eigenvalue weighted by Crippen LogP contribution is -2.19. The fraction of sp³-hybridized carbons (Fsp3) is 0.172. The Morgan fingerprint density at radius 3 is 2.11 bits per heavy atom. The zero-order valence-electron chi connectivity index (χ0n) is 24.2. The summed E-state index contributed by atoms with van der Waals surface area (Å²) < 4.78 is 51.7. The first-order chi connectivity index (χ1) is 20.5. The van der Waals surface area contributed by atoms with Gasteiger partial charge in [-0.3, -0.25) is 23.7 Å². The van der Waals surface area contributed by atoms with Crippen LogP contribution in [0.5, 0.6) is 0 Å². The van der Waals surface area contributed by atoms with E-state index in [0.29, 0.717) is 29.6 Å². The highest BCUT2D eigenvalue weighted by Gasteiger charge is 2.20. The number of hydrogen-bond donors (Lipinski definition) is 4. The monoisotopic (exact) mass is 641 g/mol. The van der Waals surface area contributed by atoms with Crippen LogP contribution in [0.15, 0.2) is 84.0 Å². The van der Waals surface area contributed by atoms with E-state index in [4.69, 9.17) is 9.11 Å². The quantitative estimate of drug-likeness (QED) is 0.240. The zero-order valence-corrected chi connectivity index (χ0v) is 25.8. The molecular weight excluding hydrogens is 610 g/mol. The van der Waals surface area contributed by atoms with Crippen molar-refractivity contribution in [2.24, 2.45) is 4.99 Å². The Kier molecular flexibility index (Phi) is 10.9. The SMILES string of the molecule is CN(C)c1ncccc1C(=O)Nc1ccc(C2=NCC(=O)Nc3c2ccc2ccccc32)cc1.CS(=O)(=O)O.CS(=O)(=O)O. The number of hydrogen-bond acceptors (Lipinski definition) is 9. The molecule has 0 unspecified atom stereocenters. The number of rotatable bonds is 4. The molecule has 4 aromatic rings. The van der Waals surface area contributed by atoms with Crippen molar-refractivity contribution in [1.29, 1.82) is 0 Å². The van der Waals surface area contributed by atoms with Gasteiger partial charge in [0.2, 0.25) is 5.91 Å². The number of aliphatic imine (C=N–C) groups is 1. The maximum Gasteiger partial charge on any atom is 0.261 e. The van der Waals surface area contributed by atoms with Crippen LogP contribution < -0.4 is 15.5 Å². The lowest BCUT2D eigenvalue weighted by atomic mass is 9.96. The van der Waals surface area contributed by atoms with Crippen LogP contribution in [0.4, 0.5) is 17.2 Å². The van der Waals surface area contributed by atoms with E-state index in [1.165, 1.54) is 0 Å². The van der Waals surface area contributed by atoms with Crippen LogP contribution in [-0.2, 0) is 25.0 Å². The fourth-order valence-electron chi connectivity index (χ4n) is 4.11. The molecule has 0 spiro atoms. The van der Waals surface area contributed by atoms with Gasteiger partial charge >= 0.3 is 0 Å². The molecule has 0 saturated carbocycles. The standard InChI is InChI=1S/C27H23N5O2.2CH4O3S/c1-32(2)26-22(8-5-15-28-26)27(34)30-19-12-9-18(10-13-19)24-21-14-11-17-6-3-4-7-20(17)25(21)31-23(33)16-29-24;2*1-5(2,3)4/h3-15H,16H2,1-2H3,(H,30,34)(H,31,33);2*1H3,(H,2,3,4). The highest BCUT2D eigenvalue weighted by molar-refractivity contribution is 7.85. The maximum atomic E-state index is 12.8. The molecule has 13 nitrogen and oxygen atoms in total. The van der Waals surface area contributed by atoms with Crippen LogP contribution in [-0.4, -0.2) is 81.6 Å². The summed E-state index contributed by atoms with van der Waals surface area (Å²) in [7, 11) is -3.63. The Bertz CT molecular complexity index is 1880. The highest BCUT2D eigenvalue weighted by atomic mass is 32.2. The van der Waals surface area contributed by atoms with Gasteiger partial charge in [0.1, 0.15) is 12.4 Å². The number of nitrogens with zero attached hydrogens (tertiary/aromatic N) is 3. The summed E-state index contributed by atoms with van der Waals surface area (Å²) in [5.41, 5.74) is 4.39. The third-order valence-electron chi connectivity index (χ3n) is 5.70. The molecule has 1 aliphatic heterocycles. The summed E-state index contributed by atoms with van der Waals surface area (Å²) >= 11 is 0. The molecule has 1 aromatic heterocycles. The second-order valence-corrected chi connectivity index (χ2v) is 12.6. The van der Waals surface area contributed by atoms with Crippen LogP contribution in [0.1, 0.15) is 21.5 Å². The van der Waals surface area contributed by atoms with Crippen LogP contribution >= 0.6 is 0 Å². The number of nitrogens with one attached hydrogen (secondary N) is 2. The number of benzene rings is 3. The molecule has 2 heterocycles. The summed E-state index contributed by atoms with van der Waals surface area (Å²) in [6, 6.07) is 22.9. The van der Waals surface area contributed by atoms with Crippen molar-refractivity contribution in [3.8, 4) is 0 Å². The van der Waals surface area contributed by atoms with Crippen LogP contribution in [0.25, 0.3) is 10.8 Å². The van der Waals surface area contributed by atoms with Crippen molar-refractivity contribution in [2.45, 2.75) is 0 Å². The van der Waals surface area contributed by atoms with E-state index < -0.39 is 20.2 Å². The van der Waals surface area contributed by atoms with E-state index in [9.17, 15) is 26.4 Å². The van der Waals surface area contributed by atoms with E-state index in [-0.39, 0.29) is 18.4 Å². The van der Waals surface area contributed by atoms with Crippen molar-refractivity contribution in [3.63, 3.8) is 0 Å². The fourth-order valence-corrected chi connectivity index (χ4v) is 4.11. The van der Waals surface area contributed by atoms with Gasteiger partial charge in [0.05, 0.1) is 29.5 Å². The van der Waals surface area contributed by atoms with Gasteiger partial charge in [-0.25, -0.2) is 4.98 Å². The van der Waals surface area contributed by atoms with Crippen molar-refractivity contribution in [2.75, 3.05) is 48.7 Å². The summed E-state index contributed by atoms with van der Waals surface area (Å²) in [5.74, 6) is 0.220. The molecule has 3 aromatic carbocycles. The molecule has 5 rings (SSSR count). The largest absolute Gasteiger partial charge is 0.362 e. The van der Waals surface area contributed by atoms with Crippen LogP contribution in [0, 0.1) is 0 Å². The van der Waals surface area contributed by atoms with Gasteiger partial charge in [-0.05, 0) is 29.7 Å². The van der Waals surface area contributed by atoms with E-state index in [0.717, 1.165) is 33.3 Å². The summed E-state index contributed by atoms with van der Waals surface area (Å²) in [6.45, 7) is 0.0468. The lowest BCUT2D eigenvalue weighted by molar-refractivity contribution is -0.114. The Labute approximate surface area is 255 Å². The third kappa shape index (κ3) is 10.2. The Balaban J connectivity index is 0.000000461. The molecule has 44 heavy (non-hydrogen) atoms. The topological polar surface area (TPSA) is 195 Å². The molecule has 4 N–H and O–H groups in total. The molecule has 0 saturated heterocycles. The summed E-state index contributed by atoms with van der Waals surface area (Å²) in [5, 5.41) is 7.97. The van der Waals surface area contributed by atoms with Gasteiger partial charge in [-0.1, -0.05) is 48.5 Å². The maximum absolute atomic E-state index is 12.8. The molecule has 0 atom stereocenters. The predicted octanol–water partition coefficient (Wildman–Crippen LogP) is 3.35. The molecule has 0 radical (unpaired) electrons. The first-order valence-corrected chi connectivity index (χ1v) is 16.5. The van der Waals surface area contributed by atoms with Crippen molar-refractivity contribution in [3.05, 3.63) is 95.7 Å². The van der Waals surface area contributed by atoms with Gasteiger partial charge in [-0.2, -0.15) is 16.8 Å². The first kappa shape index (κ1) is 33.8. The third-order valence-corrected chi connectivity index (χ3v) is 5.70. The van der Waals surface area contributed by atoms with E-state index in [1.807, 2.05) is 74.8 Å². The second kappa shape index (κ2) is 14.2. The Morgan fingerprint density at radius 2 is 1.50 bits per heavy atom. The van der Waals surface area contributed by atoms with Gasteiger partial charge in [0, 0.05) is 42.5 Å². The number of fused-ring (bicyclic) bond motifs is 3. The smallest absolute Gasteiger partial charge is 0.261 e. The number of amides is 2. The molecule has 1 aliphatic rings. The molecular formula is C29H31N5O8S2. The highest BCUT2D eigenvalue weighted by Crippen LogP contribution is 2.31. The molecule has 2 amide bonds. The minimum absolute atomic E-state index is 0.0468. The molecule has 15 heteroatoms. The average molecular weight is 642 g/mol. The van der Waals surface area contributed by atoms with E-state index >= 15 is 0 Å². The second-order valence-electron chi connectivity index (χ2n) is 9.69. The van der Waals surface area contributed by atoms with Gasteiger partial charge < -0.3 is 15.5 Å². The summed E-state index contributed by atoms with van der Waals surface area (Å²) in [6.07, 6.45) is 3.09. The van der Waals surface area contributed by atoms with Gasteiger partial charge in [0.25, 0.3) is 26.1 Å². The van der Waals surface area contributed by atoms with E-state index in [1.54, 1.807) is 23.2 Å². The van der Waals surface area contributed by atoms with Crippen LogP contribution in [0.2, 0.25) is 0 Å². The van der Waals surface area contributed by atoms with Crippen molar-refractivity contribution < 1.29 is 35.5 Å². The number of pyridine rings is 1. The van der Waals surface area contributed by atoms with Crippen molar-refractivity contribution in [1.82, 2.24) is 4.98 Å². The van der Waals surface area contributed by atoms with E-state index in [2.05, 4.69) is 20.6 Å². The molecule has 0 aliphatic carbocycles. The van der Waals surface area contributed by atoms with Crippen molar-refractivity contribution >= 4 is 65.7 Å². The average Bonchev–Trinajstić information content (AvgIpc) is 3.10. The number of carbonyl (C=O) groups excluding carboxylic acids is 2. The van der Waals surface area contributed by atoms with Gasteiger partial charge in [0.15, 0.2) is 0 Å². The number of aromatic nitrogens is 1. The lowest BCUT2D eigenvalue weighted by Gasteiger charge is -2.16. The zero-order chi connectivity index (χ0) is 32.7. The summed E-state index contributed by atoms with van der Waals surface area (Å²) in [4.78, 5) is 35.9. The molecule has 0 fully saturated rings. The normalized spacial score (nSPS) is 12.6. The number of carbonyl (C=O) groups is 2. The Morgan fingerprint density at radius 1 is 0.886 bits per heavy atom. The minimum Gasteiger partial charge on any atom is -0.362 e. The molecule has 0 bridgehead atoms. The number of anilines is 3.